The number of hydrogen-bond donors (Lipinski definition) is 1. The number of hydrogen-bond acceptors (Lipinski definition) is 2. The molecule has 2 rings (SSSR count). The van der Waals surface area contributed by atoms with Crippen molar-refractivity contribution in [1.29, 1.82) is 0 Å². The van der Waals surface area contributed by atoms with Crippen molar-refractivity contribution in [2.24, 2.45) is 5.41 Å². The van der Waals surface area contributed by atoms with Gasteiger partial charge in [-0.2, -0.15) is 0 Å². The van der Waals surface area contributed by atoms with Gasteiger partial charge in [-0.15, -0.1) is 0 Å². The first kappa shape index (κ1) is 11.4. The van der Waals surface area contributed by atoms with Gasteiger partial charge in [0, 0.05) is 12.2 Å². The summed E-state index contributed by atoms with van der Waals surface area (Å²) in [6.07, 6.45) is 7.14. The lowest BCUT2D eigenvalue weighted by Crippen LogP contribution is -2.31. The topological polar surface area (TPSA) is 24.9 Å². The van der Waals surface area contributed by atoms with Crippen LogP contribution in [0.3, 0.4) is 0 Å². The Bertz CT molecular complexity index is 340. The van der Waals surface area contributed by atoms with Crippen LogP contribution in [0.1, 0.15) is 45.1 Å². The summed E-state index contributed by atoms with van der Waals surface area (Å²) in [5.41, 5.74) is 1.70. The molecule has 1 aromatic rings. The van der Waals surface area contributed by atoms with Crippen molar-refractivity contribution in [3.05, 3.63) is 23.9 Å². The van der Waals surface area contributed by atoms with Gasteiger partial charge in [-0.1, -0.05) is 26.3 Å². The van der Waals surface area contributed by atoms with E-state index in [9.17, 15) is 0 Å². The van der Waals surface area contributed by atoms with Gasteiger partial charge in [0.1, 0.15) is 5.82 Å². The van der Waals surface area contributed by atoms with Crippen molar-refractivity contribution >= 4 is 5.82 Å². The van der Waals surface area contributed by atoms with Crippen molar-refractivity contribution < 1.29 is 0 Å². The van der Waals surface area contributed by atoms with Crippen molar-refractivity contribution in [2.75, 3.05) is 5.32 Å². The van der Waals surface area contributed by atoms with Crippen LogP contribution >= 0.6 is 0 Å². The predicted octanol–water partition coefficient (Wildman–Crippen LogP) is 3.77. The molecule has 16 heavy (non-hydrogen) atoms. The molecule has 0 amide bonds. The minimum absolute atomic E-state index is 0.487. The molecule has 1 atom stereocenters. The van der Waals surface area contributed by atoms with Crippen molar-refractivity contribution in [3.8, 4) is 0 Å². The molecular formula is C14H22N2. The van der Waals surface area contributed by atoms with Crippen LogP contribution < -0.4 is 5.32 Å². The number of anilines is 1. The molecule has 0 saturated heterocycles. The summed E-state index contributed by atoms with van der Waals surface area (Å²) < 4.78 is 0. The molecule has 0 spiro atoms. The van der Waals surface area contributed by atoms with Crippen LogP contribution in [0, 0.1) is 12.3 Å². The predicted molar refractivity (Wildman–Crippen MR) is 68.6 cm³/mol. The highest BCUT2D eigenvalue weighted by atomic mass is 15.0. The highest BCUT2D eigenvalue weighted by molar-refractivity contribution is 5.36. The van der Waals surface area contributed by atoms with E-state index in [0.717, 1.165) is 5.82 Å². The molecule has 0 aromatic carbocycles. The third kappa shape index (κ3) is 2.97. The quantitative estimate of drug-likeness (QED) is 0.817. The Kier molecular flexibility index (Phi) is 3.17. The molecule has 0 bridgehead atoms. The first-order valence-electron chi connectivity index (χ1n) is 6.24. The summed E-state index contributed by atoms with van der Waals surface area (Å²) in [4.78, 5) is 4.41. The van der Waals surface area contributed by atoms with Crippen molar-refractivity contribution in [1.82, 2.24) is 4.98 Å². The number of nitrogens with one attached hydrogen (secondary N) is 1. The molecule has 1 saturated carbocycles. The zero-order valence-electron chi connectivity index (χ0n) is 10.6. The van der Waals surface area contributed by atoms with Crippen LogP contribution in [0.2, 0.25) is 0 Å². The van der Waals surface area contributed by atoms with Gasteiger partial charge in [0.2, 0.25) is 0 Å². The SMILES string of the molecule is Cc1ccc(NC2CCCC(C)(C)C2)nc1. The van der Waals surface area contributed by atoms with E-state index in [2.05, 4.69) is 43.2 Å². The molecule has 1 aliphatic rings. The van der Waals surface area contributed by atoms with E-state index in [-0.39, 0.29) is 0 Å². The fraction of sp³-hybridized carbons (Fsp3) is 0.643. The van der Waals surface area contributed by atoms with Crippen LogP contribution in [0.4, 0.5) is 5.82 Å². The van der Waals surface area contributed by atoms with Crippen LogP contribution in [0.5, 0.6) is 0 Å². The number of pyridine rings is 1. The summed E-state index contributed by atoms with van der Waals surface area (Å²) in [5, 5.41) is 3.55. The van der Waals surface area contributed by atoms with Gasteiger partial charge in [0.05, 0.1) is 0 Å². The Morgan fingerprint density at radius 2 is 2.19 bits per heavy atom. The van der Waals surface area contributed by atoms with E-state index in [1.807, 2.05) is 6.20 Å². The fourth-order valence-corrected chi connectivity index (χ4v) is 2.58. The standard InChI is InChI=1S/C14H22N2/c1-11-6-7-13(15-10-11)16-12-5-4-8-14(2,3)9-12/h6-7,10,12H,4-5,8-9H2,1-3H3,(H,15,16). The van der Waals surface area contributed by atoms with Crippen LogP contribution in [-0.2, 0) is 0 Å². The Labute approximate surface area is 98.5 Å². The molecule has 1 heterocycles. The summed E-state index contributed by atoms with van der Waals surface area (Å²) >= 11 is 0. The largest absolute Gasteiger partial charge is 0.367 e. The van der Waals surface area contributed by atoms with Crippen LogP contribution in [0.15, 0.2) is 18.3 Å². The maximum atomic E-state index is 4.41. The molecule has 88 valence electrons. The molecule has 1 unspecified atom stereocenters. The Morgan fingerprint density at radius 3 is 2.81 bits per heavy atom. The van der Waals surface area contributed by atoms with E-state index in [0.29, 0.717) is 11.5 Å². The van der Waals surface area contributed by atoms with E-state index in [1.165, 1.54) is 31.2 Å². The molecule has 2 heteroatoms. The molecule has 0 radical (unpaired) electrons. The summed E-state index contributed by atoms with van der Waals surface area (Å²) in [5.74, 6) is 1.02. The normalized spacial score (nSPS) is 24.1. The van der Waals surface area contributed by atoms with Gasteiger partial charge in [-0.3, -0.25) is 0 Å². The average Bonchev–Trinajstić information content (AvgIpc) is 2.20. The lowest BCUT2D eigenvalue weighted by atomic mass is 9.75. The zero-order chi connectivity index (χ0) is 11.6. The maximum Gasteiger partial charge on any atom is 0.126 e. The Hall–Kier alpha value is -1.05. The van der Waals surface area contributed by atoms with E-state index < -0.39 is 0 Å². The van der Waals surface area contributed by atoms with Crippen molar-refractivity contribution in [3.63, 3.8) is 0 Å². The third-order valence-corrected chi connectivity index (χ3v) is 3.47. The minimum Gasteiger partial charge on any atom is -0.367 e. The first-order chi connectivity index (χ1) is 7.55. The number of aromatic nitrogens is 1. The van der Waals surface area contributed by atoms with Gasteiger partial charge in [0.25, 0.3) is 0 Å². The van der Waals surface area contributed by atoms with E-state index in [4.69, 9.17) is 0 Å². The van der Waals surface area contributed by atoms with Gasteiger partial charge < -0.3 is 5.32 Å². The second kappa shape index (κ2) is 4.44. The van der Waals surface area contributed by atoms with Gasteiger partial charge in [0.15, 0.2) is 0 Å². The monoisotopic (exact) mass is 218 g/mol. The highest BCUT2D eigenvalue weighted by Crippen LogP contribution is 2.36. The molecule has 1 N–H and O–H groups in total. The zero-order valence-corrected chi connectivity index (χ0v) is 10.6. The third-order valence-electron chi connectivity index (χ3n) is 3.47. The lowest BCUT2D eigenvalue weighted by Gasteiger charge is -2.35. The fourth-order valence-electron chi connectivity index (χ4n) is 2.58. The number of nitrogens with zero attached hydrogens (tertiary/aromatic N) is 1. The Balaban J connectivity index is 1.97. The van der Waals surface area contributed by atoms with Gasteiger partial charge in [-0.05, 0) is 43.2 Å². The molecule has 1 aromatic heterocycles. The summed E-state index contributed by atoms with van der Waals surface area (Å²) in [7, 11) is 0. The second-order valence-corrected chi connectivity index (χ2v) is 5.82. The average molecular weight is 218 g/mol. The summed E-state index contributed by atoms with van der Waals surface area (Å²) in [6.45, 7) is 6.80. The Morgan fingerprint density at radius 1 is 1.38 bits per heavy atom. The van der Waals surface area contributed by atoms with E-state index in [1.54, 1.807) is 0 Å². The lowest BCUT2D eigenvalue weighted by molar-refractivity contribution is 0.229. The van der Waals surface area contributed by atoms with Crippen molar-refractivity contribution in [2.45, 2.75) is 52.5 Å². The van der Waals surface area contributed by atoms with Gasteiger partial charge >= 0.3 is 0 Å². The number of aryl methyl sites for hydroxylation is 1. The minimum atomic E-state index is 0.487. The maximum absolute atomic E-state index is 4.41. The summed E-state index contributed by atoms with van der Waals surface area (Å²) in [6, 6.07) is 4.79. The smallest absolute Gasteiger partial charge is 0.126 e. The molecule has 2 nitrogen and oxygen atoms in total. The highest BCUT2D eigenvalue weighted by Gasteiger charge is 2.27. The molecule has 1 fully saturated rings. The van der Waals surface area contributed by atoms with Gasteiger partial charge in [-0.25, -0.2) is 4.98 Å². The molecule has 0 aliphatic heterocycles. The van der Waals surface area contributed by atoms with E-state index >= 15 is 0 Å². The number of rotatable bonds is 2. The molecule has 1 aliphatic carbocycles. The second-order valence-electron chi connectivity index (χ2n) is 5.82. The first-order valence-corrected chi connectivity index (χ1v) is 6.24. The van der Waals surface area contributed by atoms with Crippen LogP contribution in [0.25, 0.3) is 0 Å². The van der Waals surface area contributed by atoms with Crippen LogP contribution in [-0.4, -0.2) is 11.0 Å². The molecular weight excluding hydrogens is 196 g/mol.